The molecule has 0 spiro atoms. The maximum Gasteiger partial charge on any atom is 0.186 e. The lowest BCUT2D eigenvalue weighted by Gasteiger charge is -2.03. The second kappa shape index (κ2) is 6.02. The first-order valence-corrected chi connectivity index (χ1v) is 5.90. The number of nitrogens with zero attached hydrogens (tertiary/aromatic N) is 1. The van der Waals surface area contributed by atoms with Crippen LogP contribution in [0.1, 0.15) is 12.5 Å². The minimum atomic E-state index is 0.514. The van der Waals surface area contributed by atoms with E-state index in [0.29, 0.717) is 5.11 Å². The van der Waals surface area contributed by atoms with Crippen LogP contribution in [0.15, 0.2) is 29.4 Å². The Hall–Kier alpha value is -0.690. The lowest BCUT2D eigenvalue weighted by atomic mass is 10.1. The van der Waals surface area contributed by atoms with E-state index in [0.717, 1.165) is 11.3 Å². The first-order chi connectivity index (χ1) is 7.13. The van der Waals surface area contributed by atoms with Gasteiger partial charge in [0.05, 0.1) is 5.71 Å². The van der Waals surface area contributed by atoms with E-state index in [9.17, 15) is 0 Å². The van der Waals surface area contributed by atoms with Gasteiger partial charge in [-0.05, 0) is 59.4 Å². The smallest absolute Gasteiger partial charge is 0.186 e. The zero-order valence-electron chi connectivity index (χ0n) is 8.54. The van der Waals surface area contributed by atoms with Gasteiger partial charge < -0.3 is 5.32 Å². The van der Waals surface area contributed by atoms with Crippen LogP contribution in [0.4, 0.5) is 0 Å². The normalized spacial score (nSPS) is 11.0. The molecule has 0 bridgehead atoms. The van der Waals surface area contributed by atoms with Gasteiger partial charge in [0.1, 0.15) is 0 Å². The molecule has 0 unspecified atom stereocenters. The number of thiocarbonyl (C=S) groups is 1. The van der Waals surface area contributed by atoms with Crippen molar-refractivity contribution in [2.45, 2.75) is 6.92 Å². The summed E-state index contributed by atoms with van der Waals surface area (Å²) in [6, 6.07) is 8.16. The SMILES string of the molecule is CNC(=S)N/N=C(/C)c1ccc(I)cc1. The van der Waals surface area contributed by atoms with Gasteiger partial charge in [-0.25, -0.2) is 0 Å². The molecule has 0 aliphatic carbocycles. The minimum absolute atomic E-state index is 0.514. The Balaban J connectivity index is 2.71. The number of halogens is 1. The van der Waals surface area contributed by atoms with E-state index in [1.807, 2.05) is 31.2 Å². The molecule has 0 saturated carbocycles. The van der Waals surface area contributed by atoms with Crippen LogP contribution in [0.3, 0.4) is 0 Å². The molecule has 5 heteroatoms. The van der Waals surface area contributed by atoms with Crippen LogP contribution in [0.2, 0.25) is 0 Å². The molecule has 0 aliphatic rings. The molecule has 2 N–H and O–H groups in total. The lowest BCUT2D eigenvalue weighted by molar-refractivity contribution is 0.974. The summed E-state index contributed by atoms with van der Waals surface area (Å²) in [5, 5.41) is 7.46. The highest BCUT2D eigenvalue weighted by Gasteiger charge is 1.97. The molecule has 15 heavy (non-hydrogen) atoms. The van der Waals surface area contributed by atoms with Crippen molar-refractivity contribution in [3.05, 3.63) is 33.4 Å². The Labute approximate surface area is 108 Å². The zero-order chi connectivity index (χ0) is 11.3. The third-order valence-electron chi connectivity index (χ3n) is 1.81. The van der Waals surface area contributed by atoms with Gasteiger partial charge in [-0.15, -0.1) is 0 Å². The van der Waals surface area contributed by atoms with Gasteiger partial charge in [0.2, 0.25) is 0 Å². The molecule has 80 valence electrons. The van der Waals surface area contributed by atoms with Crippen molar-refractivity contribution in [3.8, 4) is 0 Å². The standard InChI is InChI=1S/C10H12IN3S/c1-7(13-14-10(15)12-2)8-3-5-9(11)6-4-8/h3-6H,1-2H3,(H2,12,14,15)/b13-7-. The molecule has 0 amide bonds. The maximum atomic E-state index is 4.91. The monoisotopic (exact) mass is 333 g/mol. The molecule has 1 aromatic carbocycles. The molecule has 0 heterocycles. The predicted octanol–water partition coefficient (Wildman–Crippen LogP) is 2.11. The van der Waals surface area contributed by atoms with Gasteiger partial charge in [0, 0.05) is 10.6 Å². The van der Waals surface area contributed by atoms with Gasteiger partial charge in [-0.1, -0.05) is 12.1 Å². The third kappa shape index (κ3) is 4.13. The Morgan fingerprint density at radius 1 is 1.33 bits per heavy atom. The number of hydrazone groups is 1. The minimum Gasteiger partial charge on any atom is -0.364 e. The molecule has 0 fully saturated rings. The zero-order valence-corrected chi connectivity index (χ0v) is 11.5. The van der Waals surface area contributed by atoms with Crippen molar-refractivity contribution >= 4 is 45.6 Å². The fourth-order valence-electron chi connectivity index (χ4n) is 0.946. The first kappa shape index (κ1) is 12.4. The number of hydrogen-bond donors (Lipinski definition) is 2. The second-order valence-electron chi connectivity index (χ2n) is 2.90. The summed E-state index contributed by atoms with van der Waals surface area (Å²) in [7, 11) is 1.76. The highest BCUT2D eigenvalue weighted by Crippen LogP contribution is 2.07. The third-order valence-corrected chi connectivity index (χ3v) is 2.83. The van der Waals surface area contributed by atoms with Crippen LogP contribution < -0.4 is 10.7 Å². The van der Waals surface area contributed by atoms with Crippen molar-refractivity contribution in [1.29, 1.82) is 0 Å². The van der Waals surface area contributed by atoms with Crippen molar-refractivity contribution in [1.82, 2.24) is 10.7 Å². The Kier molecular flexibility index (Phi) is 4.97. The molecular formula is C10H12IN3S. The van der Waals surface area contributed by atoms with E-state index >= 15 is 0 Å². The molecule has 1 rings (SSSR count). The highest BCUT2D eigenvalue weighted by atomic mass is 127. The van der Waals surface area contributed by atoms with Crippen LogP contribution in [0.5, 0.6) is 0 Å². The number of nitrogens with one attached hydrogen (secondary N) is 2. The maximum absolute atomic E-state index is 4.91. The van der Waals surface area contributed by atoms with E-state index in [1.54, 1.807) is 7.05 Å². The number of hydrogen-bond acceptors (Lipinski definition) is 2. The first-order valence-electron chi connectivity index (χ1n) is 4.41. The quantitative estimate of drug-likeness (QED) is 0.377. The summed E-state index contributed by atoms with van der Waals surface area (Å²) in [5.74, 6) is 0. The molecule has 0 saturated heterocycles. The largest absolute Gasteiger partial charge is 0.364 e. The molecule has 3 nitrogen and oxygen atoms in total. The topological polar surface area (TPSA) is 36.4 Å². The van der Waals surface area contributed by atoms with Crippen LogP contribution in [-0.4, -0.2) is 17.9 Å². The Morgan fingerprint density at radius 3 is 2.47 bits per heavy atom. The fraction of sp³-hybridized carbons (Fsp3) is 0.200. The predicted molar refractivity (Wildman–Crippen MR) is 76.2 cm³/mol. The molecule has 0 aromatic heterocycles. The Morgan fingerprint density at radius 2 is 1.93 bits per heavy atom. The fourth-order valence-corrected chi connectivity index (χ4v) is 1.35. The molecular weight excluding hydrogens is 321 g/mol. The van der Waals surface area contributed by atoms with E-state index in [2.05, 4.69) is 38.4 Å². The van der Waals surface area contributed by atoms with Gasteiger partial charge in [0.25, 0.3) is 0 Å². The number of rotatable bonds is 2. The average Bonchev–Trinajstić information content (AvgIpc) is 2.26. The van der Waals surface area contributed by atoms with Crippen molar-refractivity contribution in [2.24, 2.45) is 5.10 Å². The highest BCUT2D eigenvalue weighted by molar-refractivity contribution is 14.1. The van der Waals surface area contributed by atoms with Crippen molar-refractivity contribution in [2.75, 3.05) is 7.05 Å². The average molecular weight is 333 g/mol. The Bertz CT molecular complexity index is 373. The van der Waals surface area contributed by atoms with Crippen molar-refractivity contribution in [3.63, 3.8) is 0 Å². The summed E-state index contributed by atoms with van der Waals surface area (Å²) in [6.07, 6.45) is 0. The molecule has 0 aliphatic heterocycles. The summed E-state index contributed by atoms with van der Waals surface area (Å²) in [4.78, 5) is 0. The lowest BCUT2D eigenvalue weighted by Crippen LogP contribution is -2.29. The van der Waals surface area contributed by atoms with Gasteiger partial charge in [-0.3, -0.25) is 5.43 Å². The van der Waals surface area contributed by atoms with E-state index in [-0.39, 0.29) is 0 Å². The number of benzene rings is 1. The second-order valence-corrected chi connectivity index (χ2v) is 4.55. The van der Waals surface area contributed by atoms with Crippen molar-refractivity contribution < 1.29 is 0 Å². The van der Waals surface area contributed by atoms with Crippen LogP contribution in [-0.2, 0) is 0 Å². The van der Waals surface area contributed by atoms with Crippen LogP contribution >= 0.6 is 34.8 Å². The van der Waals surface area contributed by atoms with E-state index in [1.165, 1.54) is 3.57 Å². The van der Waals surface area contributed by atoms with Crippen LogP contribution in [0, 0.1) is 3.57 Å². The van der Waals surface area contributed by atoms with Gasteiger partial charge >= 0.3 is 0 Å². The van der Waals surface area contributed by atoms with Crippen LogP contribution in [0.25, 0.3) is 0 Å². The van der Waals surface area contributed by atoms with E-state index < -0.39 is 0 Å². The molecule has 0 atom stereocenters. The molecule has 1 aromatic rings. The summed E-state index contributed by atoms with van der Waals surface area (Å²) < 4.78 is 1.21. The molecule has 0 radical (unpaired) electrons. The summed E-state index contributed by atoms with van der Waals surface area (Å²) in [6.45, 7) is 1.94. The summed E-state index contributed by atoms with van der Waals surface area (Å²) in [5.41, 5.74) is 4.74. The van der Waals surface area contributed by atoms with E-state index in [4.69, 9.17) is 12.2 Å². The summed E-state index contributed by atoms with van der Waals surface area (Å²) >= 11 is 7.19. The van der Waals surface area contributed by atoms with Gasteiger partial charge in [-0.2, -0.15) is 5.10 Å². The van der Waals surface area contributed by atoms with Gasteiger partial charge in [0.15, 0.2) is 5.11 Å².